The minimum Gasteiger partial charge on any atom is -0.356 e. The summed E-state index contributed by atoms with van der Waals surface area (Å²) in [6.07, 6.45) is 1.87. The van der Waals surface area contributed by atoms with Gasteiger partial charge in [-0.2, -0.15) is 0 Å². The van der Waals surface area contributed by atoms with Gasteiger partial charge in [-0.1, -0.05) is 0 Å². The van der Waals surface area contributed by atoms with Crippen LogP contribution in [0.4, 0.5) is 10.3 Å². The van der Waals surface area contributed by atoms with Gasteiger partial charge in [-0.3, -0.25) is 0 Å². The number of imidazole rings is 1. The van der Waals surface area contributed by atoms with Crippen molar-refractivity contribution >= 4 is 5.95 Å². The van der Waals surface area contributed by atoms with Crippen LogP contribution in [0.3, 0.4) is 0 Å². The third-order valence-corrected chi connectivity index (χ3v) is 3.41. The quantitative estimate of drug-likeness (QED) is 0.887. The maximum atomic E-state index is 13.0. The molecule has 0 saturated carbocycles. The Hall–Kier alpha value is -1.88. The Kier molecular flexibility index (Phi) is 3.21. The molecule has 5 heteroatoms. The molecule has 1 aliphatic rings. The van der Waals surface area contributed by atoms with Crippen LogP contribution >= 0.6 is 0 Å². The van der Waals surface area contributed by atoms with Gasteiger partial charge in [-0.05, 0) is 37.2 Å². The van der Waals surface area contributed by atoms with Crippen molar-refractivity contribution in [3.63, 3.8) is 0 Å². The SMILES string of the molecule is NCCc1c(-c2ccc(F)cc2)nc2n1CCCN2. The highest BCUT2D eigenvalue weighted by Gasteiger charge is 2.19. The molecule has 3 N–H and O–H groups in total. The Morgan fingerprint density at radius 1 is 1.32 bits per heavy atom. The fourth-order valence-electron chi connectivity index (χ4n) is 2.53. The van der Waals surface area contributed by atoms with E-state index in [9.17, 15) is 4.39 Å². The minimum atomic E-state index is -0.230. The highest BCUT2D eigenvalue weighted by atomic mass is 19.1. The van der Waals surface area contributed by atoms with Crippen LogP contribution in [-0.2, 0) is 13.0 Å². The van der Waals surface area contributed by atoms with Gasteiger partial charge in [0.05, 0.1) is 5.69 Å². The van der Waals surface area contributed by atoms with Gasteiger partial charge in [0.2, 0.25) is 5.95 Å². The Morgan fingerprint density at radius 3 is 2.84 bits per heavy atom. The number of aromatic nitrogens is 2. The lowest BCUT2D eigenvalue weighted by atomic mass is 10.1. The monoisotopic (exact) mass is 260 g/mol. The van der Waals surface area contributed by atoms with Crippen molar-refractivity contribution in [3.8, 4) is 11.3 Å². The molecule has 4 nitrogen and oxygen atoms in total. The Bertz CT molecular complexity index is 574. The fraction of sp³-hybridized carbons (Fsp3) is 0.357. The molecular formula is C14H17FN4. The topological polar surface area (TPSA) is 55.9 Å². The first-order valence-electron chi connectivity index (χ1n) is 6.59. The first-order chi connectivity index (χ1) is 9.29. The molecule has 0 radical (unpaired) electrons. The summed E-state index contributed by atoms with van der Waals surface area (Å²) < 4.78 is 15.2. The molecule has 0 aliphatic carbocycles. The largest absolute Gasteiger partial charge is 0.356 e. The third kappa shape index (κ3) is 2.21. The van der Waals surface area contributed by atoms with E-state index in [4.69, 9.17) is 5.73 Å². The molecule has 0 amide bonds. The van der Waals surface area contributed by atoms with Crippen molar-refractivity contribution in [1.29, 1.82) is 0 Å². The van der Waals surface area contributed by atoms with E-state index < -0.39 is 0 Å². The number of anilines is 1. The van der Waals surface area contributed by atoms with Crippen molar-refractivity contribution in [3.05, 3.63) is 35.8 Å². The predicted octanol–water partition coefficient (Wildman–Crippen LogP) is 2.01. The van der Waals surface area contributed by atoms with Gasteiger partial charge >= 0.3 is 0 Å². The molecule has 2 heterocycles. The molecule has 1 aromatic heterocycles. The first kappa shape index (κ1) is 12.2. The normalized spacial score (nSPS) is 14.0. The maximum absolute atomic E-state index is 13.0. The minimum absolute atomic E-state index is 0.230. The number of nitrogens with two attached hydrogens (primary N) is 1. The van der Waals surface area contributed by atoms with E-state index in [0.29, 0.717) is 6.54 Å². The summed E-state index contributed by atoms with van der Waals surface area (Å²) in [4.78, 5) is 4.64. The summed E-state index contributed by atoms with van der Waals surface area (Å²) in [6, 6.07) is 6.47. The van der Waals surface area contributed by atoms with Gasteiger partial charge < -0.3 is 15.6 Å². The Balaban J connectivity index is 2.09. The van der Waals surface area contributed by atoms with Crippen LogP contribution in [0.1, 0.15) is 12.1 Å². The molecule has 0 bridgehead atoms. The van der Waals surface area contributed by atoms with Crippen LogP contribution in [0.15, 0.2) is 24.3 Å². The molecule has 2 aromatic rings. The number of halogens is 1. The predicted molar refractivity (Wildman–Crippen MR) is 73.5 cm³/mol. The van der Waals surface area contributed by atoms with E-state index in [1.807, 2.05) is 0 Å². The molecule has 0 atom stereocenters. The zero-order chi connectivity index (χ0) is 13.2. The molecule has 0 saturated heterocycles. The first-order valence-corrected chi connectivity index (χ1v) is 6.59. The molecule has 100 valence electrons. The van der Waals surface area contributed by atoms with Gasteiger partial charge in [0, 0.05) is 30.8 Å². The summed E-state index contributed by atoms with van der Waals surface area (Å²) in [5, 5.41) is 3.30. The van der Waals surface area contributed by atoms with Crippen molar-refractivity contribution in [2.45, 2.75) is 19.4 Å². The summed E-state index contributed by atoms with van der Waals surface area (Å²) >= 11 is 0. The highest BCUT2D eigenvalue weighted by molar-refractivity contribution is 5.65. The van der Waals surface area contributed by atoms with E-state index in [1.54, 1.807) is 12.1 Å². The lowest BCUT2D eigenvalue weighted by molar-refractivity contribution is 0.603. The second-order valence-electron chi connectivity index (χ2n) is 4.71. The lowest BCUT2D eigenvalue weighted by Crippen LogP contribution is -2.19. The number of nitrogens with one attached hydrogen (secondary N) is 1. The molecular weight excluding hydrogens is 243 g/mol. The number of nitrogens with zero attached hydrogens (tertiary/aromatic N) is 2. The van der Waals surface area contributed by atoms with E-state index in [-0.39, 0.29) is 5.82 Å². The van der Waals surface area contributed by atoms with Crippen LogP contribution in [0, 0.1) is 5.82 Å². The van der Waals surface area contributed by atoms with E-state index >= 15 is 0 Å². The van der Waals surface area contributed by atoms with Crippen LogP contribution in [-0.4, -0.2) is 22.6 Å². The second-order valence-corrected chi connectivity index (χ2v) is 4.71. The van der Waals surface area contributed by atoms with Crippen LogP contribution in [0.25, 0.3) is 11.3 Å². The van der Waals surface area contributed by atoms with Crippen molar-refractivity contribution < 1.29 is 4.39 Å². The molecule has 3 rings (SSSR count). The van der Waals surface area contributed by atoms with Crippen LogP contribution in [0.2, 0.25) is 0 Å². The molecule has 0 fully saturated rings. The van der Waals surface area contributed by atoms with Crippen molar-refractivity contribution in [1.82, 2.24) is 9.55 Å². The van der Waals surface area contributed by atoms with E-state index in [1.165, 1.54) is 12.1 Å². The number of hydrogen-bond acceptors (Lipinski definition) is 3. The number of fused-ring (bicyclic) bond motifs is 1. The van der Waals surface area contributed by atoms with Crippen molar-refractivity contribution in [2.24, 2.45) is 5.73 Å². The molecule has 1 aromatic carbocycles. The van der Waals surface area contributed by atoms with Crippen LogP contribution in [0.5, 0.6) is 0 Å². The zero-order valence-electron chi connectivity index (χ0n) is 10.7. The summed E-state index contributed by atoms with van der Waals surface area (Å²) in [6.45, 7) is 2.49. The van der Waals surface area contributed by atoms with Crippen LogP contribution < -0.4 is 11.1 Å². The number of hydrogen-bond donors (Lipinski definition) is 2. The second kappa shape index (κ2) is 5.01. The maximum Gasteiger partial charge on any atom is 0.203 e. The van der Waals surface area contributed by atoms with E-state index in [2.05, 4.69) is 14.9 Å². The summed E-state index contributed by atoms with van der Waals surface area (Å²) in [5.41, 5.74) is 8.69. The van der Waals surface area contributed by atoms with Gasteiger partial charge in [0.15, 0.2) is 0 Å². The average molecular weight is 260 g/mol. The summed E-state index contributed by atoms with van der Waals surface area (Å²) in [7, 11) is 0. The zero-order valence-corrected chi connectivity index (χ0v) is 10.7. The fourth-order valence-corrected chi connectivity index (χ4v) is 2.53. The molecule has 19 heavy (non-hydrogen) atoms. The number of benzene rings is 1. The molecule has 0 unspecified atom stereocenters. The van der Waals surface area contributed by atoms with Gasteiger partial charge in [-0.15, -0.1) is 0 Å². The smallest absolute Gasteiger partial charge is 0.203 e. The molecule has 0 spiro atoms. The lowest BCUT2D eigenvalue weighted by Gasteiger charge is -2.17. The standard InChI is InChI=1S/C14H17FN4/c15-11-4-2-10(3-5-11)13-12(6-7-16)19-9-1-8-17-14(19)18-13/h2-5H,1,6-9,16H2,(H,17,18). The highest BCUT2D eigenvalue weighted by Crippen LogP contribution is 2.28. The molecule has 1 aliphatic heterocycles. The van der Waals surface area contributed by atoms with Crippen molar-refractivity contribution in [2.75, 3.05) is 18.4 Å². The third-order valence-electron chi connectivity index (χ3n) is 3.41. The summed E-state index contributed by atoms with van der Waals surface area (Å²) in [5.74, 6) is 0.667. The van der Waals surface area contributed by atoms with Gasteiger partial charge in [0.25, 0.3) is 0 Å². The Labute approximate surface area is 111 Å². The number of rotatable bonds is 3. The average Bonchev–Trinajstić information content (AvgIpc) is 2.79. The van der Waals surface area contributed by atoms with Gasteiger partial charge in [-0.25, -0.2) is 9.37 Å². The van der Waals surface area contributed by atoms with E-state index in [0.717, 1.165) is 48.8 Å². The van der Waals surface area contributed by atoms with Gasteiger partial charge in [0.1, 0.15) is 5.82 Å². The Morgan fingerprint density at radius 2 is 2.11 bits per heavy atom.